The molecule has 0 aromatic rings. The van der Waals surface area contributed by atoms with Gasteiger partial charge in [-0.1, -0.05) is 13.8 Å². The molecule has 0 aliphatic carbocycles. The first-order chi connectivity index (χ1) is 8.22. The highest BCUT2D eigenvalue weighted by Gasteiger charge is 2.28. The van der Waals surface area contributed by atoms with Gasteiger partial charge in [0.15, 0.2) is 0 Å². The monoisotopic (exact) mass is 242 g/mol. The topological polar surface area (TPSA) is 41.6 Å². The lowest BCUT2D eigenvalue weighted by Gasteiger charge is -2.40. The van der Waals surface area contributed by atoms with Crippen molar-refractivity contribution in [3.8, 4) is 0 Å². The molecule has 0 bridgehead atoms. The molecule has 1 aliphatic heterocycles. The van der Waals surface area contributed by atoms with Crippen molar-refractivity contribution >= 4 is 5.91 Å². The quantitative estimate of drug-likeness (QED) is 0.716. The van der Waals surface area contributed by atoms with Crippen LogP contribution in [0.2, 0.25) is 0 Å². The Bertz CT molecular complexity index is 233. The molecule has 2 unspecified atom stereocenters. The molecule has 0 aromatic heterocycles. The third kappa shape index (κ3) is 4.28. The minimum Gasteiger partial charge on any atom is -0.381 e. The summed E-state index contributed by atoms with van der Waals surface area (Å²) in [6, 6.07) is 0.806. The van der Waals surface area contributed by atoms with E-state index in [1.807, 2.05) is 11.8 Å². The van der Waals surface area contributed by atoms with Gasteiger partial charge in [0, 0.05) is 31.8 Å². The van der Waals surface area contributed by atoms with E-state index in [-0.39, 0.29) is 5.91 Å². The van der Waals surface area contributed by atoms with E-state index in [0.717, 1.165) is 25.9 Å². The molecule has 1 fully saturated rings. The van der Waals surface area contributed by atoms with Crippen molar-refractivity contribution in [2.24, 2.45) is 0 Å². The molecule has 1 amide bonds. The summed E-state index contributed by atoms with van der Waals surface area (Å²) >= 11 is 0. The summed E-state index contributed by atoms with van der Waals surface area (Å²) in [5, 5.41) is 3.50. The van der Waals surface area contributed by atoms with Crippen LogP contribution in [0.15, 0.2) is 0 Å². The van der Waals surface area contributed by atoms with Gasteiger partial charge in [0.25, 0.3) is 0 Å². The smallest absolute Gasteiger partial charge is 0.225 e. The van der Waals surface area contributed by atoms with Gasteiger partial charge in [0.05, 0.1) is 13.0 Å². The van der Waals surface area contributed by atoms with E-state index in [1.165, 1.54) is 0 Å². The summed E-state index contributed by atoms with van der Waals surface area (Å²) in [5.74, 6) is 0.241. The molecule has 17 heavy (non-hydrogen) atoms. The highest BCUT2D eigenvalue weighted by Crippen LogP contribution is 2.13. The van der Waals surface area contributed by atoms with Gasteiger partial charge in [0.1, 0.15) is 0 Å². The first kappa shape index (κ1) is 14.5. The van der Waals surface area contributed by atoms with E-state index >= 15 is 0 Å². The van der Waals surface area contributed by atoms with Gasteiger partial charge < -0.3 is 15.0 Å². The van der Waals surface area contributed by atoms with Crippen LogP contribution in [0, 0.1) is 0 Å². The summed E-state index contributed by atoms with van der Waals surface area (Å²) in [6.45, 7) is 9.26. The number of piperazine rings is 1. The van der Waals surface area contributed by atoms with Crippen molar-refractivity contribution in [2.45, 2.75) is 52.1 Å². The lowest BCUT2D eigenvalue weighted by molar-refractivity contribution is -0.136. The first-order valence-corrected chi connectivity index (χ1v) is 6.83. The van der Waals surface area contributed by atoms with E-state index < -0.39 is 0 Å². The van der Waals surface area contributed by atoms with Gasteiger partial charge in [-0.2, -0.15) is 0 Å². The molecule has 1 heterocycles. The number of rotatable bonds is 6. The second kappa shape index (κ2) is 7.67. The van der Waals surface area contributed by atoms with Gasteiger partial charge in [-0.15, -0.1) is 0 Å². The zero-order valence-corrected chi connectivity index (χ0v) is 11.4. The van der Waals surface area contributed by atoms with Crippen molar-refractivity contribution in [3.63, 3.8) is 0 Å². The Hall–Kier alpha value is -0.610. The van der Waals surface area contributed by atoms with Gasteiger partial charge in [0.2, 0.25) is 5.91 Å². The van der Waals surface area contributed by atoms with E-state index in [0.29, 0.717) is 31.7 Å². The third-order valence-electron chi connectivity index (χ3n) is 3.45. The number of amides is 1. The van der Waals surface area contributed by atoms with E-state index in [9.17, 15) is 4.79 Å². The van der Waals surface area contributed by atoms with Gasteiger partial charge in [-0.25, -0.2) is 0 Å². The molecule has 0 aromatic carbocycles. The number of ether oxygens (including phenoxy) is 1. The van der Waals surface area contributed by atoms with E-state index in [4.69, 9.17) is 4.74 Å². The number of carbonyl (C=O) groups is 1. The molecule has 4 heteroatoms. The predicted molar refractivity (Wildman–Crippen MR) is 69.0 cm³/mol. The maximum absolute atomic E-state index is 12.1. The maximum Gasteiger partial charge on any atom is 0.225 e. The fourth-order valence-electron chi connectivity index (χ4n) is 2.25. The van der Waals surface area contributed by atoms with Crippen molar-refractivity contribution in [1.29, 1.82) is 0 Å². The summed E-state index contributed by atoms with van der Waals surface area (Å²) < 4.78 is 5.25. The van der Waals surface area contributed by atoms with Crippen LogP contribution in [0.3, 0.4) is 0 Å². The predicted octanol–water partition coefficient (Wildman–Crippen LogP) is 1.40. The van der Waals surface area contributed by atoms with Crippen LogP contribution >= 0.6 is 0 Å². The molecule has 1 saturated heterocycles. The Morgan fingerprint density at radius 2 is 2.12 bits per heavy atom. The van der Waals surface area contributed by atoms with Crippen LogP contribution in [0.1, 0.15) is 40.0 Å². The Kier molecular flexibility index (Phi) is 6.52. The Morgan fingerprint density at radius 1 is 1.35 bits per heavy atom. The molecule has 0 spiro atoms. The number of nitrogens with one attached hydrogen (secondary N) is 1. The van der Waals surface area contributed by atoms with Crippen LogP contribution < -0.4 is 5.32 Å². The summed E-state index contributed by atoms with van der Waals surface area (Å²) in [6.07, 6.45) is 2.61. The lowest BCUT2D eigenvalue weighted by Crippen LogP contribution is -2.58. The van der Waals surface area contributed by atoms with Gasteiger partial charge >= 0.3 is 0 Å². The fourth-order valence-corrected chi connectivity index (χ4v) is 2.25. The van der Waals surface area contributed by atoms with Crippen LogP contribution in [-0.2, 0) is 9.53 Å². The van der Waals surface area contributed by atoms with Crippen LogP contribution in [0.5, 0.6) is 0 Å². The van der Waals surface area contributed by atoms with Crippen molar-refractivity contribution in [1.82, 2.24) is 10.2 Å². The SMILES string of the molecule is CCOCCC(=O)N1CC(CC)NCC1CC. The second-order valence-electron chi connectivity index (χ2n) is 4.57. The van der Waals surface area contributed by atoms with Gasteiger partial charge in [-0.3, -0.25) is 4.79 Å². The molecule has 0 saturated carbocycles. The van der Waals surface area contributed by atoms with E-state index in [1.54, 1.807) is 0 Å². The Balaban J connectivity index is 2.47. The zero-order valence-electron chi connectivity index (χ0n) is 11.4. The summed E-state index contributed by atoms with van der Waals surface area (Å²) in [7, 11) is 0. The molecular formula is C13H26N2O2. The van der Waals surface area contributed by atoms with Crippen molar-refractivity contribution in [3.05, 3.63) is 0 Å². The molecule has 1 N–H and O–H groups in total. The molecule has 4 nitrogen and oxygen atoms in total. The number of nitrogens with zero attached hydrogens (tertiary/aromatic N) is 1. The van der Waals surface area contributed by atoms with Crippen LogP contribution in [0.25, 0.3) is 0 Å². The molecular weight excluding hydrogens is 216 g/mol. The molecule has 100 valence electrons. The average molecular weight is 242 g/mol. The van der Waals surface area contributed by atoms with E-state index in [2.05, 4.69) is 19.2 Å². The average Bonchev–Trinajstić information content (AvgIpc) is 2.38. The standard InChI is InChI=1S/C13H26N2O2/c1-4-11-10-15(12(5-2)9-14-11)13(16)7-8-17-6-3/h11-12,14H,4-10H2,1-3H3. The third-order valence-corrected chi connectivity index (χ3v) is 3.45. The van der Waals surface area contributed by atoms with Crippen molar-refractivity contribution < 1.29 is 9.53 Å². The summed E-state index contributed by atoms with van der Waals surface area (Å²) in [5.41, 5.74) is 0. The number of carbonyl (C=O) groups excluding carboxylic acids is 1. The second-order valence-corrected chi connectivity index (χ2v) is 4.57. The Morgan fingerprint density at radius 3 is 2.71 bits per heavy atom. The highest BCUT2D eigenvalue weighted by molar-refractivity contribution is 5.76. The Labute approximate surface area is 105 Å². The minimum atomic E-state index is 0.241. The molecule has 0 radical (unpaired) electrons. The first-order valence-electron chi connectivity index (χ1n) is 6.83. The minimum absolute atomic E-state index is 0.241. The van der Waals surface area contributed by atoms with Gasteiger partial charge in [-0.05, 0) is 19.8 Å². The normalized spacial score (nSPS) is 25.0. The maximum atomic E-state index is 12.1. The van der Waals surface area contributed by atoms with Crippen LogP contribution in [0.4, 0.5) is 0 Å². The van der Waals surface area contributed by atoms with Crippen LogP contribution in [-0.4, -0.2) is 49.2 Å². The zero-order chi connectivity index (χ0) is 12.7. The summed E-state index contributed by atoms with van der Waals surface area (Å²) in [4.78, 5) is 14.2. The largest absolute Gasteiger partial charge is 0.381 e. The van der Waals surface area contributed by atoms with Crippen molar-refractivity contribution in [2.75, 3.05) is 26.3 Å². The molecule has 1 rings (SSSR count). The molecule has 2 atom stereocenters. The highest BCUT2D eigenvalue weighted by atomic mass is 16.5. The lowest BCUT2D eigenvalue weighted by atomic mass is 10.0. The number of hydrogen-bond donors (Lipinski definition) is 1. The fraction of sp³-hybridized carbons (Fsp3) is 0.923. The molecule has 1 aliphatic rings. The number of hydrogen-bond acceptors (Lipinski definition) is 3.